The zero-order valence-electron chi connectivity index (χ0n) is 24.3. The SMILES string of the molecule is COCCCN1CCOc2ccc(CO[C@H]3CN(C(=O)O)C[C@@H](OC[C@H](O)CO[N+](=O)[O-])[C@@H]3c3ccc(OC)cc3)cc21. The molecule has 1 fully saturated rings. The summed E-state index contributed by atoms with van der Waals surface area (Å²) in [7, 11) is 3.25. The van der Waals surface area contributed by atoms with Crippen LogP contribution in [0, 0.1) is 10.1 Å². The Bertz CT molecular complexity index is 1200. The third-order valence-electron chi connectivity index (χ3n) is 7.47. The Balaban J connectivity index is 1.55. The average molecular weight is 606 g/mol. The molecule has 0 saturated carbocycles. The molecule has 0 aromatic heterocycles. The van der Waals surface area contributed by atoms with E-state index < -0.39 is 42.0 Å². The van der Waals surface area contributed by atoms with Crippen LogP contribution in [-0.4, -0.2) is 111 Å². The van der Waals surface area contributed by atoms with Gasteiger partial charge in [-0.05, 0) is 41.8 Å². The lowest BCUT2D eigenvalue weighted by Crippen LogP contribution is -2.54. The maximum Gasteiger partial charge on any atom is 0.407 e. The van der Waals surface area contributed by atoms with Crippen molar-refractivity contribution in [3.8, 4) is 11.5 Å². The average Bonchev–Trinajstić information content (AvgIpc) is 3.01. The highest BCUT2D eigenvalue weighted by Gasteiger charge is 2.41. The topological polar surface area (TPSA) is 163 Å². The lowest BCUT2D eigenvalue weighted by molar-refractivity contribution is -0.759. The Morgan fingerprint density at radius 1 is 1.12 bits per heavy atom. The zero-order valence-corrected chi connectivity index (χ0v) is 24.3. The van der Waals surface area contributed by atoms with Crippen molar-refractivity contribution in [1.82, 2.24) is 4.90 Å². The Morgan fingerprint density at radius 3 is 2.53 bits per heavy atom. The molecule has 236 valence electrons. The van der Waals surface area contributed by atoms with Gasteiger partial charge in [-0.1, -0.05) is 18.2 Å². The van der Waals surface area contributed by atoms with E-state index in [2.05, 4.69) is 9.74 Å². The molecule has 0 bridgehead atoms. The summed E-state index contributed by atoms with van der Waals surface area (Å²) in [6.07, 6.45) is -2.87. The summed E-state index contributed by atoms with van der Waals surface area (Å²) >= 11 is 0. The first-order valence-corrected chi connectivity index (χ1v) is 14.1. The molecule has 43 heavy (non-hydrogen) atoms. The Morgan fingerprint density at radius 2 is 1.86 bits per heavy atom. The second kappa shape index (κ2) is 15.6. The predicted octanol–water partition coefficient (Wildman–Crippen LogP) is 2.55. The number of carbonyl (C=O) groups is 1. The number of aliphatic hydroxyl groups is 1. The smallest absolute Gasteiger partial charge is 0.407 e. The van der Waals surface area contributed by atoms with Crippen molar-refractivity contribution in [2.24, 2.45) is 0 Å². The molecule has 2 aliphatic heterocycles. The van der Waals surface area contributed by atoms with Gasteiger partial charge >= 0.3 is 6.09 Å². The summed E-state index contributed by atoms with van der Waals surface area (Å²) in [5.41, 5.74) is 2.70. The summed E-state index contributed by atoms with van der Waals surface area (Å²) in [6.45, 7) is 2.28. The van der Waals surface area contributed by atoms with Crippen molar-refractivity contribution >= 4 is 11.8 Å². The molecule has 2 aromatic carbocycles. The molecule has 0 aliphatic carbocycles. The van der Waals surface area contributed by atoms with Crippen molar-refractivity contribution in [1.29, 1.82) is 0 Å². The van der Waals surface area contributed by atoms with Gasteiger partial charge in [-0.2, -0.15) is 0 Å². The van der Waals surface area contributed by atoms with Crippen molar-refractivity contribution < 1.29 is 48.6 Å². The van der Waals surface area contributed by atoms with Crippen LogP contribution in [0.2, 0.25) is 0 Å². The van der Waals surface area contributed by atoms with Crippen LogP contribution in [0.25, 0.3) is 0 Å². The number of nitrogens with zero attached hydrogens (tertiary/aromatic N) is 3. The number of likely N-dealkylation sites (tertiary alicyclic amines) is 1. The van der Waals surface area contributed by atoms with Crippen LogP contribution in [-0.2, 0) is 25.7 Å². The molecule has 2 N–H and O–H groups in total. The number of rotatable bonds is 15. The van der Waals surface area contributed by atoms with Crippen LogP contribution in [0.3, 0.4) is 0 Å². The first-order chi connectivity index (χ1) is 20.8. The molecule has 0 unspecified atom stereocenters. The van der Waals surface area contributed by atoms with Crippen LogP contribution in [0.4, 0.5) is 10.5 Å². The van der Waals surface area contributed by atoms with E-state index in [-0.39, 0.29) is 26.3 Å². The van der Waals surface area contributed by atoms with Gasteiger partial charge in [0.25, 0.3) is 5.09 Å². The molecule has 14 heteroatoms. The van der Waals surface area contributed by atoms with Crippen molar-refractivity contribution in [3.05, 3.63) is 63.7 Å². The third-order valence-corrected chi connectivity index (χ3v) is 7.47. The van der Waals surface area contributed by atoms with E-state index in [1.807, 2.05) is 30.3 Å². The fourth-order valence-corrected chi connectivity index (χ4v) is 5.37. The first-order valence-electron chi connectivity index (χ1n) is 14.1. The van der Waals surface area contributed by atoms with Gasteiger partial charge < -0.3 is 48.5 Å². The van der Waals surface area contributed by atoms with Gasteiger partial charge in [0, 0.05) is 26.2 Å². The van der Waals surface area contributed by atoms with Crippen LogP contribution < -0.4 is 14.4 Å². The summed E-state index contributed by atoms with van der Waals surface area (Å²) < 4.78 is 28.8. The van der Waals surface area contributed by atoms with Gasteiger partial charge in [-0.25, -0.2) is 4.79 Å². The van der Waals surface area contributed by atoms with Crippen molar-refractivity contribution in [2.45, 2.75) is 37.3 Å². The molecular formula is C29H39N3O11. The Labute approximate surface area is 249 Å². The van der Waals surface area contributed by atoms with Crippen LogP contribution >= 0.6 is 0 Å². The molecule has 4 rings (SSSR count). The Kier molecular flexibility index (Phi) is 11.6. The molecule has 2 aliphatic rings. The maximum absolute atomic E-state index is 12.1. The first kappa shape index (κ1) is 32.1. The zero-order chi connectivity index (χ0) is 30.8. The second-order valence-corrected chi connectivity index (χ2v) is 10.4. The van der Waals surface area contributed by atoms with E-state index >= 15 is 0 Å². The molecule has 2 heterocycles. The van der Waals surface area contributed by atoms with E-state index in [4.69, 9.17) is 23.7 Å². The predicted molar refractivity (Wildman–Crippen MR) is 153 cm³/mol. The number of hydrogen-bond donors (Lipinski definition) is 2. The summed E-state index contributed by atoms with van der Waals surface area (Å²) in [5, 5.41) is 29.6. The van der Waals surface area contributed by atoms with Gasteiger partial charge in [-0.15, -0.1) is 10.1 Å². The maximum atomic E-state index is 12.1. The number of fused-ring (bicyclic) bond motifs is 1. The van der Waals surface area contributed by atoms with E-state index in [0.29, 0.717) is 19.0 Å². The Hall–Kier alpha value is -3.85. The number of piperidine rings is 1. The lowest BCUT2D eigenvalue weighted by Gasteiger charge is -2.43. The fraction of sp³-hybridized carbons (Fsp3) is 0.552. The monoisotopic (exact) mass is 605 g/mol. The summed E-state index contributed by atoms with van der Waals surface area (Å²) in [6, 6.07) is 13.2. The fourth-order valence-electron chi connectivity index (χ4n) is 5.37. The minimum Gasteiger partial charge on any atom is -0.497 e. The second-order valence-electron chi connectivity index (χ2n) is 10.4. The molecular weight excluding hydrogens is 566 g/mol. The quantitative estimate of drug-likeness (QED) is 0.174. The highest BCUT2D eigenvalue weighted by Crippen LogP contribution is 2.36. The van der Waals surface area contributed by atoms with Crippen molar-refractivity contribution in [2.75, 3.05) is 71.7 Å². The number of carboxylic acid groups (broad SMARTS) is 1. The lowest BCUT2D eigenvalue weighted by atomic mass is 9.84. The van der Waals surface area contributed by atoms with E-state index in [1.54, 1.807) is 26.4 Å². The van der Waals surface area contributed by atoms with Gasteiger partial charge in [0.1, 0.15) is 30.8 Å². The van der Waals surface area contributed by atoms with Crippen molar-refractivity contribution in [3.63, 3.8) is 0 Å². The minimum atomic E-state index is -1.29. The van der Waals surface area contributed by atoms with Gasteiger partial charge in [0.2, 0.25) is 0 Å². The molecule has 4 atom stereocenters. The molecule has 1 saturated heterocycles. The number of aliphatic hydroxyl groups excluding tert-OH is 1. The number of anilines is 1. The van der Waals surface area contributed by atoms with Crippen LogP contribution in [0.1, 0.15) is 23.5 Å². The number of amides is 1. The normalized spacial score (nSPS) is 20.6. The van der Waals surface area contributed by atoms with Gasteiger partial charge in [0.05, 0.1) is 57.9 Å². The van der Waals surface area contributed by atoms with E-state index in [1.165, 1.54) is 4.90 Å². The van der Waals surface area contributed by atoms with Gasteiger partial charge in [0.15, 0.2) is 0 Å². The third kappa shape index (κ3) is 8.83. The summed E-state index contributed by atoms with van der Waals surface area (Å²) in [5.74, 6) is 1.03. The molecule has 0 radical (unpaired) electrons. The largest absolute Gasteiger partial charge is 0.497 e. The van der Waals surface area contributed by atoms with Crippen LogP contribution in [0.5, 0.6) is 11.5 Å². The van der Waals surface area contributed by atoms with E-state index in [0.717, 1.165) is 42.1 Å². The highest BCUT2D eigenvalue weighted by molar-refractivity contribution is 5.65. The molecule has 2 aromatic rings. The standard InChI is InChI=1S/C29H39N3O11/c1-38-12-3-10-30-11-13-40-25-9-4-20(14-24(25)30)17-41-26-15-31(29(34)35)16-27(42-18-22(33)19-43-32(36)37)28(26)21-5-7-23(39-2)8-6-21/h4-9,14,22,26-28,33H,3,10-13,15-19H2,1-2H3,(H,34,35)/t22-,26-,27+,28+/m0/s1. The number of methoxy groups -OCH3 is 2. The van der Waals surface area contributed by atoms with E-state index in [9.17, 15) is 25.1 Å². The summed E-state index contributed by atoms with van der Waals surface area (Å²) in [4.78, 5) is 30.3. The number of ether oxygens (including phenoxy) is 5. The van der Waals surface area contributed by atoms with Crippen LogP contribution in [0.15, 0.2) is 42.5 Å². The molecule has 14 nitrogen and oxygen atoms in total. The van der Waals surface area contributed by atoms with Gasteiger partial charge in [-0.3, -0.25) is 0 Å². The number of hydrogen-bond acceptors (Lipinski definition) is 11. The minimum absolute atomic E-state index is 0.0152. The molecule has 1 amide bonds. The number of benzene rings is 2. The molecule has 0 spiro atoms. The highest BCUT2D eigenvalue weighted by atomic mass is 17.0.